The summed E-state index contributed by atoms with van der Waals surface area (Å²) in [7, 11) is 0. The Bertz CT molecular complexity index is 451. The van der Waals surface area contributed by atoms with E-state index in [1.165, 1.54) is 0 Å². The highest BCUT2D eigenvalue weighted by Gasteiger charge is 2.39. The van der Waals surface area contributed by atoms with E-state index in [0.717, 1.165) is 37.9 Å². The summed E-state index contributed by atoms with van der Waals surface area (Å²) in [6.45, 7) is 0.735. The molecule has 1 saturated carbocycles. The number of halogens is 2. The Kier molecular flexibility index (Phi) is 2.38. The van der Waals surface area contributed by atoms with E-state index in [-0.39, 0.29) is 17.3 Å². The van der Waals surface area contributed by atoms with Crippen molar-refractivity contribution >= 4 is 12.0 Å². The number of benzene rings is 1. The van der Waals surface area contributed by atoms with Crippen molar-refractivity contribution in [3.63, 3.8) is 0 Å². The van der Waals surface area contributed by atoms with E-state index < -0.39 is 11.6 Å². The molecule has 0 spiro atoms. The molecule has 2 nitrogen and oxygen atoms in total. The zero-order valence-electron chi connectivity index (χ0n) is 9.33. The van der Waals surface area contributed by atoms with Crippen LogP contribution in [0.25, 0.3) is 0 Å². The van der Waals surface area contributed by atoms with Crippen molar-refractivity contribution in [3.8, 4) is 0 Å². The molecule has 1 aromatic carbocycles. The van der Waals surface area contributed by atoms with Crippen LogP contribution in [0.5, 0.6) is 0 Å². The van der Waals surface area contributed by atoms with Gasteiger partial charge in [-0.25, -0.2) is 8.78 Å². The van der Waals surface area contributed by atoms with Crippen LogP contribution in [-0.4, -0.2) is 18.9 Å². The van der Waals surface area contributed by atoms with Gasteiger partial charge in [0.1, 0.15) is 23.6 Å². The van der Waals surface area contributed by atoms with Gasteiger partial charge in [-0.1, -0.05) is 0 Å². The highest BCUT2D eigenvalue weighted by molar-refractivity contribution is 5.76. The van der Waals surface area contributed by atoms with Crippen LogP contribution in [0.15, 0.2) is 12.1 Å². The normalized spacial score (nSPS) is 26.6. The van der Waals surface area contributed by atoms with Crippen LogP contribution in [0.3, 0.4) is 0 Å². The van der Waals surface area contributed by atoms with E-state index in [4.69, 9.17) is 0 Å². The van der Waals surface area contributed by atoms with Gasteiger partial charge in [0, 0.05) is 18.2 Å². The molecule has 2 atom stereocenters. The number of anilines is 1. The number of hydrogen-bond donors (Lipinski definition) is 0. The molecule has 1 heterocycles. The minimum absolute atomic E-state index is 0.0443. The Hall–Kier alpha value is -1.45. The van der Waals surface area contributed by atoms with E-state index in [2.05, 4.69) is 0 Å². The van der Waals surface area contributed by atoms with Gasteiger partial charge in [0.05, 0.1) is 0 Å². The van der Waals surface area contributed by atoms with Gasteiger partial charge in [-0.2, -0.15) is 0 Å². The molecule has 1 aromatic rings. The summed E-state index contributed by atoms with van der Waals surface area (Å²) in [6, 6.07) is 2.49. The molecule has 2 bridgehead atoms. The van der Waals surface area contributed by atoms with E-state index in [0.29, 0.717) is 12.2 Å². The van der Waals surface area contributed by atoms with Gasteiger partial charge in [-0.15, -0.1) is 0 Å². The van der Waals surface area contributed by atoms with Gasteiger partial charge < -0.3 is 4.90 Å². The summed E-state index contributed by atoms with van der Waals surface area (Å²) in [4.78, 5) is 12.4. The fourth-order valence-corrected chi connectivity index (χ4v) is 3.13. The van der Waals surface area contributed by atoms with Crippen LogP contribution in [-0.2, 0) is 0 Å². The summed E-state index contributed by atoms with van der Waals surface area (Å²) in [6.07, 6.45) is 3.68. The average Bonchev–Trinajstić information content (AvgIpc) is 2.90. The molecule has 2 aliphatic rings. The van der Waals surface area contributed by atoms with Gasteiger partial charge in [-0.3, -0.25) is 4.79 Å². The maximum atomic E-state index is 13.8. The number of carbonyl (C=O) groups excluding carboxylic acids is 1. The van der Waals surface area contributed by atoms with Crippen molar-refractivity contribution in [2.24, 2.45) is 5.92 Å². The lowest BCUT2D eigenvalue weighted by Gasteiger charge is -2.29. The lowest BCUT2D eigenvalue weighted by atomic mass is 10.1. The molecule has 90 valence electrons. The zero-order valence-corrected chi connectivity index (χ0v) is 9.33. The number of nitrogens with zero attached hydrogens (tertiary/aromatic N) is 1. The van der Waals surface area contributed by atoms with Crippen molar-refractivity contribution in [3.05, 3.63) is 29.3 Å². The lowest BCUT2D eigenvalue weighted by Crippen LogP contribution is -2.33. The van der Waals surface area contributed by atoms with E-state index in [1.54, 1.807) is 0 Å². The Balaban J connectivity index is 2.00. The summed E-state index contributed by atoms with van der Waals surface area (Å²) in [5.41, 5.74) is 0.0934. The zero-order chi connectivity index (χ0) is 12.0. The van der Waals surface area contributed by atoms with Crippen LogP contribution < -0.4 is 4.90 Å². The third-order valence-electron chi connectivity index (χ3n) is 3.87. The fraction of sp³-hybridized carbons (Fsp3) is 0.462. The Labute approximate surface area is 98.2 Å². The summed E-state index contributed by atoms with van der Waals surface area (Å²) in [5, 5.41) is 0. The van der Waals surface area contributed by atoms with Gasteiger partial charge in [0.2, 0.25) is 0 Å². The van der Waals surface area contributed by atoms with Crippen molar-refractivity contribution in [2.75, 3.05) is 11.4 Å². The molecule has 17 heavy (non-hydrogen) atoms. The first-order valence-electron chi connectivity index (χ1n) is 5.90. The molecule has 0 amide bonds. The first-order chi connectivity index (χ1) is 8.19. The third kappa shape index (κ3) is 1.63. The molecule has 0 radical (unpaired) electrons. The first kappa shape index (κ1) is 10.7. The second-order valence-electron chi connectivity index (χ2n) is 4.94. The molecule has 0 aromatic heterocycles. The van der Waals surface area contributed by atoms with E-state index in [9.17, 15) is 13.6 Å². The van der Waals surface area contributed by atoms with E-state index >= 15 is 0 Å². The molecule has 4 heteroatoms. The van der Waals surface area contributed by atoms with Crippen LogP contribution in [0.4, 0.5) is 14.5 Å². The number of hydrogen-bond acceptors (Lipinski definition) is 2. The van der Waals surface area contributed by atoms with Crippen molar-refractivity contribution in [1.82, 2.24) is 0 Å². The first-order valence-corrected chi connectivity index (χ1v) is 5.90. The van der Waals surface area contributed by atoms with Gasteiger partial charge in [-0.05, 0) is 37.3 Å². The minimum atomic E-state index is -0.625. The Morgan fingerprint density at radius 2 is 1.94 bits per heavy atom. The van der Waals surface area contributed by atoms with Gasteiger partial charge >= 0.3 is 0 Å². The van der Waals surface area contributed by atoms with Crippen LogP contribution in [0, 0.1) is 17.6 Å². The van der Waals surface area contributed by atoms with Gasteiger partial charge in [0.25, 0.3) is 0 Å². The molecule has 2 fully saturated rings. The number of piperidine rings is 1. The molecular weight excluding hydrogens is 224 g/mol. The SMILES string of the molecule is O=Cc1cc(F)c(N2CC3CCC2C3)c(F)c1. The second kappa shape index (κ2) is 3.79. The molecule has 1 aliphatic heterocycles. The number of rotatable bonds is 2. The van der Waals surface area contributed by atoms with Crippen molar-refractivity contribution < 1.29 is 13.6 Å². The second-order valence-corrected chi connectivity index (χ2v) is 4.94. The Morgan fingerprint density at radius 1 is 1.24 bits per heavy atom. The topological polar surface area (TPSA) is 20.3 Å². The predicted molar refractivity (Wildman–Crippen MR) is 60.2 cm³/mol. The fourth-order valence-electron chi connectivity index (χ4n) is 3.13. The highest BCUT2D eigenvalue weighted by atomic mass is 19.1. The van der Waals surface area contributed by atoms with Crippen LogP contribution >= 0.6 is 0 Å². The smallest absolute Gasteiger partial charge is 0.150 e. The maximum absolute atomic E-state index is 13.8. The third-order valence-corrected chi connectivity index (χ3v) is 3.87. The average molecular weight is 237 g/mol. The monoisotopic (exact) mass is 237 g/mol. The van der Waals surface area contributed by atoms with Crippen molar-refractivity contribution in [2.45, 2.75) is 25.3 Å². The number of fused-ring (bicyclic) bond motifs is 2. The van der Waals surface area contributed by atoms with Crippen LogP contribution in [0.1, 0.15) is 29.6 Å². The molecular formula is C13H13F2NO. The van der Waals surface area contributed by atoms with Gasteiger partial charge in [0.15, 0.2) is 0 Å². The Morgan fingerprint density at radius 3 is 2.41 bits per heavy atom. The molecule has 1 saturated heterocycles. The molecule has 1 aliphatic carbocycles. The maximum Gasteiger partial charge on any atom is 0.150 e. The lowest BCUT2D eigenvalue weighted by molar-refractivity contribution is 0.112. The molecule has 0 N–H and O–H groups in total. The number of aldehydes is 1. The summed E-state index contributed by atoms with van der Waals surface area (Å²) < 4.78 is 27.7. The minimum Gasteiger partial charge on any atom is -0.364 e. The van der Waals surface area contributed by atoms with E-state index in [1.807, 2.05) is 4.90 Å². The summed E-state index contributed by atoms with van der Waals surface area (Å²) in [5.74, 6) is -0.677. The molecule has 3 rings (SSSR count). The van der Waals surface area contributed by atoms with Crippen molar-refractivity contribution in [1.29, 1.82) is 0 Å². The largest absolute Gasteiger partial charge is 0.364 e. The summed E-state index contributed by atoms with van der Waals surface area (Å²) >= 11 is 0. The highest BCUT2D eigenvalue weighted by Crippen LogP contribution is 2.41. The van der Waals surface area contributed by atoms with Crippen LogP contribution in [0.2, 0.25) is 0 Å². The quantitative estimate of drug-likeness (QED) is 0.737. The molecule has 2 unspecified atom stereocenters. The standard InChI is InChI=1S/C13H13F2NO/c14-11-4-9(7-17)5-12(15)13(11)16-6-8-1-2-10(16)3-8/h4-5,7-8,10H,1-3,6H2. The predicted octanol–water partition coefficient (Wildman–Crippen LogP) is 2.77. The number of carbonyl (C=O) groups is 1.